The van der Waals surface area contributed by atoms with Crippen molar-refractivity contribution in [2.75, 3.05) is 26.3 Å². The number of hydrogen-bond donors (Lipinski definition) is 2. The summed E-state index contributed by atoms with van der Waals surface area (Å²) >= 11 is 0. The molecule has 0 unspecified atom stereocenters. The molecule has 1 aromatic rings. The minimum atomic E-state index is -0.325. The van der Waals surface area contributed by atoms with E-state index in [1.54, 1.807) is 0 Å². The third-order valence-corrected chi connectivity index (χ3v) is 4.03. The summed E-state index contributed by atoms with van der Waals surface area (Å²) in [5.74, 6) is -0.152. The first-order chi connectivity index (χ1) is 11.8. The highest BCUT2D eigenvalue weighted by Gasteiger charge is 2.21. The Morgan fingerprint density at radius 1 is 1.25 bits per heavy atom. The van der Waals surface area contributed by atoms with Gasteiger partial charge in [-0.05, 0) is 18.1 Å². The molecule has 1 fully saturated rings. The first kappa shape index (κ1) is 16.5. The molecule has 128 valence electrons. The maximum absolute atomic E-state index is 14.5. The topological polar surface area (TPSA) is 54.0 Å². The molecule has 1 heterocycles. The van der Waals surface area contributed by atoms with Gasteiger partial charge >= 0.3 is 0 Å². The molecule has 0 radical (unpaired) electrons. The lowest BCUT2D eigenvalue weighted by atomic mass is 10.0. The van der Waals surface area contributed by atoms with Crippen molar-refractivity contribution in [1.29, 1.82) is 0 Å². The van der Waals surface area contributed by atoms with Gasteiger partial charge < -0.3 is 14.4 Å². The predicted octanol–water partition coefficient (Wildman–Crippen LogP) is 2.87. The van der Waals surface area contributed by atoms with Crippen LogP contribution in [0.25, 0.3) is 0 Å². The molecule has 1 aromatic carbocycles. The molecule has 0 saturated carbocycles. The first-order valence-electron chi connectivity index (χ1n) is 7.98. The molecule has 1 aliphatic heterocycles. The third-order valence-electron chi connectivity index (χ3n) is 4.03. The van der Waals surface area contributed by atoms with E-state index in [1.807, 2.05) is 46.8 Å². The van der Waals surface area contributed by atoms with Crippen LogP contribution in [-0.4, -0.2) is 36.4 Å². The van der Waals surface area contributed by atoms with Gasteiger partial charge in [0.05, 0.1) is 18.9 Å². The fraction of sp³-hybridized carbons (Fsp3) is 0.333. The summed E-state index contributed by atoms with van der Waals surface area (Å²) in [6.45, 7) is 2.88. The molecule has 1 saturated heterocycles. The number of allylic oxidation sites excluding steroid dienone is 4. The van der Waals surface area contributed by atoms with Crippen LogP contribution in [0.2, 0.25) is 0 Å². The standard InChI is InChI=1S/C18H21FN2O3/c19-16-12-15(6-7-17(16)21-8-10-23-11-9-21)18(20-22)24-13-14-4-2-1-3-5-14/h1-5,7,12,20,22H,6,8-11,13H2. The Morgan fingerprint density at radius 3 is 2.67 bits per heavy atom. The smallest absolute Gasteiger partial charge is 0.214 e. The lowest BCUT2D eigenvalue weighted by Crippen LogP contribution is -2.36. The maximum atomic E-state index is 14.5. The van der Waals surface area contributed by atoms with Crippen LogP contribution in [-0.2, 0) is 16.1 Å². The maximum Gasteiger partial charge on any atom is 0.214 e. The van der Waals surface area contributed by atoms with E-state index < -0.39 is 0 Å². The normalized spacial score (nSPS) is 20.2. The van der Waals surface area contributed by atoms with Crippen molar-refractivity contribution in [3.8, 4) is 0 Å². The van der Waals surface area contributed by atoms with E-state index in [-0.39, 0.29) is 11.7 Å². The molecule has 2 N–H and O–H groups in total. The molecule has 3 rings (SSSR count). The Bertz CT molecular complexity index is 649. The number of benzene rings is 1. The average Bonchev–Trinajstić information content (AvgIpc) is 2.64. The molecule has 5 nitrogen and oxygen atoms in total. The molecule has 0 spiro atoms. The zero-order valence-electron chi connectivity index (χ0n) is 13.4. The number of halogens is 1. The highest BCUT2D eigenvalue weighted by Crippen LogP contribution is 2.28. The summed E-state index contributed by atoms with van der Waals surface area (Å²) in [5, 5.41) is 9.32. The summed E-state index contributed by atoms with van der Waals surface area (Å²) in [5.41, 5.74) is 4.17. The van der Waals surface area contributed by atoms with Gasteiger partial charge in [-0.15, -0.1) is 0 Å². The fourth-order valence-corrected chi connectivity index (χ4v) is 2.76. The van der Waals surface area contributed by atoms with Crippen LogP contribution >= 0.6 is 0 Å². The van der Waals surface area contributed by atoms with Crippen LogP contribution < -0.4 is 5.48 Å². The molecular formula is C18H21FN2O3. The molecule has 24 heavy (non-hydrogen) atoms. The fourth-order valence-electron chi connectivity index (χ4n) is 2.76. The number of nitrogens with zero attached hydrogens (tertiary/aromatic N) is 1. The Kier molecular flexibility index (Phi) is 5.51. The SMILES string of the molecule is ONC(OCc1ccccc1)=C1C=C(F)C(N2CCOCC2)=CC1. The van der Waals surface area contributed by atoms with E-state index >= 15 is 0 Å². The zero-order chi connectivity index (χ0) is 16.8. The predicted molar refractivity (Wildman–Crippen MR) is 87.5 cm³/mol. The lowest BCUT2D eigenvalue weighted by molar-refractivity contribution is 0.0531. The summed E-state index contributed by atoms with van der Waals surface area (Å²) in [6.07, 6.45) is 3.71. The van der Waals surface area contributed by atoms with Crippen LogP contribution in [0.3, 0.4) is 0 Å². The van der Waals surface area contributed by atoms with Crippen molar-refractivity contribution in [3.63, 3.8) is 0 Å². The van der Waals surface area contributed by atoms with Gasteiger partial charge in [-0.1, -0.05) is 36.4 Å². The highest BCUT2D eigenvalue weighted by atomic mass is 19.1. The van der Waals surface area contributed by atoms with E-state index in [9.17, 15) is 9.60 Å². The van der Waals surface area contributed by atoms with E-state index in [0.29, 0.717) is 50.6 Å². The van der Waals surface area contributed by atoms with E-state index in [2.05, 4.69) is 0 Å². The van der Waals surface area contributed by atoms with Crippen LogP contribution in [0.4, 0.5) is 4.39 Å². The number of rotatable bonds is 5. The number of morpholine rings is 1. The van der Waals surface area contributed by atoms with Crippen LogP contribution in [0.1, 0.15) is 12.0 Å². The van der Waals surface area contributed by atoms with Crippen molar-refractivity contribution in [3.05, 3.63) is 71.0 Å². The Morgan fingerprint density at radius 2 is 2.00 bits per heavy atom. The number of nitrogens with one attached hydrogen (secondary N) is 1. The number of hydroxylamine groups is 1. The van der Waals surface area contributed by atoms with E-state index in [4.69, 9.17) is 9.47 Å². The molecule has 0 bridgehead atoms. The van der Waals surface area contributed by atoms with Crippen LogP contribution in [0, 0.1) is 0 Å². The van der Waals surface area contributed by atoms with Gasteiger partial charge in [-0.2, -0.15) is 0 Å². The Balaban J connectivity index is 1.69. The van der Waals surface area contributed by atoms with Gasteiger partial charge in [-0.3, -0.25) is 5.21 Å². The monoisotopic (exact) mass is 332 g/mol. The second-order valence-corrected chi connectivity index (χ2v) is 5.63. The molecule has 6 heteroatoms. The van der Waals surface area contributed by atoms with Crippen molar-refractivity contribution in [1.82, 2.24) is 10.4 Å². The largest absolute Gasteiger partial charge is 0.473 e. The van der Waals surface area contributed by atoms with Crippen molar-refractivity contribution < 1.29 is 19.1 Å². The molecule has 1 aliphatic carbocycles. The van der Waals surface area contributed by atoms with Crippen LogP contribution in [0.5, 0.6) is 0 Å². The second kappa shape index (κ2) is 7.99. The molecule has 0 atom stereocenters. The number of hydrogen-bond acceptors (Lipinski definition) is 5. The third kappa shape index (κ3) is 3.96. The molecule has 0 aromatic heterocycles. The zero-order valence-corrected chi connectivity index (χ0v) is 13.4. The molecule has 0 amide bonds. The molecule has 2 aliphatic rings. The first-order valence-corrected chi connectivity index (χ1v) is 7.98. The average molecular weight is 332 g/mol. The summed E-state index contributed by atoms with van der Waals surface area (Å²) < 4.78 is 25.3. The minimum absolute atomic E-state index is 0.172. The van der Waals surface area contributed by atoms with Crippen molar-refractivity contribution in [2.45, 2.75) is 13.0 Å². The molecular weight excluding hydrogens is 311 g/mol. The summed E-state index contributed by atoms with van der Waals surface area (Å²) in [7, 11) is 0. The summed E-state index contributed by atoms with van der Waals surface area (Å²) in [4.78, 5) is 1.98. The van der Waals surface area contributed by atoms with Crippen molar-refractivity contribution in [2.24, 2.45) is 0 Å². The van der Waals surface area contributed by atoms with E-state index in [1.165, 1.54) is 6.08 Å². The minimum Gasteiger partial charge on any atom is -0.473 e. The van der Waals surface area contributed by atoms with Gasteiger partial charge in [0.1, 0.15) is 12.4 Å². The van der Waals surface area contributed by atoms with Crippen molar-refractivity contribution >= 4 is 0 Å². The Labute approximate surface area is 140 Å². The second-order valence-electron chi connectivity index (χ2n) is 5.63. The van der Waals surface area contributed by atoms with Gasteiger partial charge in [0.25, 0.3) is 0 Å². The highest BCUT2D eigenvalue weighted by molar-refractivity contribution is 5.40. The quantitative estimate of drug-likeness (QED) is 0.641. The number of ether oxygens (including phenoxy) is 2. The lowest BCUT2D eigenvalue weighted by Gasteiger charge is -2.31. The summed E-state index contributed by atoms with van der Waals surface area (Å²) in [6, 6.07) is 9.59. The van der Waals surface area contributed by atoms with Gasteiger partial charge in [-0.25, -0.2) is 9.87 Å². The van der Waals surface area contributed by atoms with Crippen LogP contribution in [0.15, 0.2) is 65.5 Å². The van der Waals surface area contributed by atoms with E-state index in [0.717, 1.165) is 5.56 Å². The van der Waals surface area contributed by atoms with Gasteiger partial charge in [0.2, 0.25) is 5.88 Å². The Hall–Kier alpha value is -2.31. The van der Waals surface area contributed by atoms with Gasteiger partial charge in [0.15, 0.2) is 0 Å². The van der Waals surface area contributed by atoms with Gasteiger partial charge in [0, 0.05) is 18.7 Å².